The molecule has 1 saturated heterocycles. The summed E-state index contributed by atoms with van der Waals surface area (Å²) in [6.45, 7) is 3.12. The summed E-state index contributed by atoms with van der Waals surface area (Å²) in [5.74, 6) is 0.772. The van der Waals surface area contributed by atoms with Crippen LogP contribution in [0.25, 0.3) is 0 Å². The third kappa shape index (κ3) is 3.45. The van der Waals surface area contributed by atoms with Crippen LogP contribution < -0.4 is 10.5 Å². The van der Waals surface area contributed by atoms with Gasteiger partial charge in [-0.2, -0.15) is 0 Å². The van der Waals surface area contributed by atoms with Gasteiger partial charge in [-0.15, -0.1) is 0 Å². The average Bonchev–Trinajstić information content (AvgIpc) is 2.37. The van der Waals surface area contributed by atoms with Gasteiger partial charge in [-0.25, -0.2) is 0 Å². The van der Waals surface area contributed by atoms with E-state index in [-0.39, 0.29) is 11.9 Å². The number of hydrogen-bond acceptors (Lipinski definition) is 4. The zero-order valence-electron chi connectivity index (χ0n) is 10.6. The second-order valence-electron chi connectivity index (χ2n) is 4.51. The summed E-state index contributed by atoms with van der Waals surface area (Å²) in [4.78, 5) is 2.23. The first kappa shape index (κ1) is 12.9. The fraction of sp³-hybridized carbons (Fsp3) is 0.462. The lowest BCUT2D eigenvalue weighted by molar-refractivity contribution is -0.0403. The van der Waals surface area contributed by atoms with E-state index in [9.17, 15) is 0 Å². The van der Waals surface area contributed by atoms with Crippen LogP contribution in [0.4, 0.5) is 0 Å². The Labute approximate surface area is 107 Å². The van der Waals surface area contributed by atoms with Crippen molar-refractivity contribution in [1.82, 2.24) is 4.90 Å². The zero-order chi connectivity index (χ0) is 13.0. The largest absolute Gasteiger partial charge is 0.491 e. The number of rotatable bonds is 4. The fourth-order valence-corrected chi connectivity index (χ4v) is 1.91. The Balaban J connectivity index is 1.89. The third-order valence-corrected chi connectivity index (χ3v) is 2.92. The van der Waals surface area contributed by atoms with E-state index in [0.717, 1.165) is 25.4 Å². The van der Waals surface area contributed by atoms with Crippen molar-refractivity contribution < 1.29 is 9.47 Å². The molecule has 5 heteroatoms. The van der Waals surface area contributed by atoms with Crippen LogP contribution in [0.5, 0.6) is 5.75 Å². The molecule has 1 fully saturated rings. The van der Waals surface area contributed by atoms with Crippen molar-refractivity contribution in [1.29, 1.82) is 5.41 Å². The van der Waals surface area contributed by atoms with Crippen molar-refractivity contribution in [3.05, 3.63) is 29.8 Å². The third-order valence-electron chi connectivity index (χ3n) is 2.92. The molecule has 1 aromatic carbocycles. The zero-order valence-corrected chi connectivity index (χ0v) is 10.6. The molecule has 0 amide bonds. The maximum atomic E-state index is 7.38. The Morgan fingerprint density at radius 3 is 3.17 bits per heavy atom. The summed E-state index contributed by atoms with van der Waals surface area (Å²) < 4.78 is 11.3. The molecule has 0 aromatic heterocycles. The minimum atomic E-state index is 0.0501. The highest BCUT2D eigenvalue weighted by Crippen LogP contribution is 2.14. The molecule has 1 aliphatic heterocycles. The number of nitrogen functional groups attached to an aromatic ring is 1. The van der Waals surface area contributed by atoms with Crippen LogP contribution >= 0.6 is 0 Å². The van der Waals surface area contributed by atoms with E-state index in [1.165, 1.54) is 0 Å². The summed E-state index contributed by atoms with van der Waals surface area (Å²) in [5, 5.41) is 7.38. The summed E-state index contributed by atoms with van der Waals surface area (Å²) in [6, 6.07) is 7.26. The van der Waals surface area contributed by atoms with Crippen LogP contribution in [0.15, 0.2) is 24.3 Å². The number of nitrogens with zero attached hydrogens (tertiary/aromatic N) is 1. The highest BCUT2D eigenvalue weighted by atomic mass is 16.5. The summed E-state index contributed by atoms with van der Waals surface area (Å²) in [6.07, 6.45) is 0.102. The van der Waals surface area contributed by atoms with Crippen molar-refractivity contribution >= 4 is 5.84 Å². The number of nitrogens with one attached hydrogen (secondary N) is 1. The fourth-order valence-electron chi connectivity index (χ4n) is 1.91. The quantitative estimate of drug-likeness (QED) is 0.608. The molecular formula is C13H19N3O2. The van der Waals surface area contributed by atoms with E-state index < -0.39 is 0 Å². The van der Waals surface area contributed by atoms with Crippen molar-refractivity contribution in [2.24, 2.45) is 5.73 Å². The first-order valence-corrected chi connectivity index (χ1v) is 6.02. The number of amidine groups is 1. The SMILES string of the molecule is CN1CCOC(COc2cccc(C(=N)N)c2)C1. The summed E-state index contributed by atoms with van der Waals surface area (Å²) in [7, 11) is 2.08. The van der Waals surface area contributed by atoms with Gasteiger partial charge in [0.1, 0.15) is 24.3 Å². The van der Waals surface area contributed by atoms with Gasteiger partial charge >= 0.3 is 0 Å². The number of benzene rings is 1. The van der Waals surface area contributed by atoms with Crippen LogP contribution in [-0.2, 0) is 4.74 Å². The Kier molecular flexibility index (Phi) is 4.17. The van der Waals surface area contributed by atoms with Crippen molar-refractivity contribution in [2.75, 3.05) is 33.4 Å². The molecule has 0 saturated carbocycles. The predicted molar refractivity (Wildman–Crippen MR) is 70.2 cm³/mol. The van der Waals surface area contributed by atoms with Crippen LogP contribution in [0.3, 0.4) is 0 Å². The van der Waals surface area contributed by atoms with Gasteiger partial charge in [-0.3, -0.25) is 5.41 Å². The van der Waals surface area contributed by atoms with E-state index in [4.69, 9.17) is 20.6 Å². The average molecular weight is 249 g/mol. The van der Waals surface area contributed by atoms with Crippen LogP contribution in [0.1, 0.15) is 5.56 Å². The molecule has 0 spiro atoms. The van der Waals surface area contributed by atoms with Gasteiger partial charge in [0.05, 0.1) is 6.61 Å². The monoisotopic (exact) mass is 249 g/mol. The van der Waals surface area contributed by atoms with E-state index in [2.05, 4.69) is 11.9 Å². The van der Waals surface area contributed by atoms with Crippen LogP contribution in [-0.4, -0.2) is 50.2 Å². The van der Waals surface area contributed by atoms with Crippen LogP contribution in [0.2, 0.25) is 0 Å². The Morgan fingerprint density at radius 2 is 2.44 bits per heavy atom. The van der Waals surface area contributed by atoms with E-state index in [0.29, 0.717) is 12.2 Å². The predicted octanol–water partition coefficient (Wildman–Crippen LogP) is 0.680. The van der Waals surface area contributed by atoms with Gasteiger partial charge in [-0.05, 0) is 19.2 Å². The van der Waals surface area contributed by atoms with E-state index in [1.54, 1.807) is 12.1 Å². The molecular weight excluding hydrogens is 230 g/mol. The molecule has 18 heavy (non-hydrogen) atoms. The highest BCUT2D eigenvalue weighted by molar-refractivity contribution is 5.95. The molecule has 1 atom stereocenters. The highest BCUT2D eigenvalue weighted by Gasteiger charge is 2.18. The number of morpholine rings is 1. The minimum absolute atomic E-state index is 0.0501. The Morgan fingerprint density at radius 1 is 1.61 bits per heavy atom. The maximum absolute atomic E-state index is 7.38. The Bertz CT molecular complexity index is 422. The maximum Gasteiger partial charge on any atom is 0.122 e. The summed E-state index contributed by atoms with van der Waals surface area (Å²) in [5.41, 5.74) is 6.11. The lowest BCUT2D eigenvalue weighted by Crippen LogP contribution is -2.42. The second-order valence-corrected chi connectivity index (χ2v) is 4.51. The molecule has 0 aliphatic carbocycles. The van der Waals surface area contributed by atoms with Gasteiger partial charge < -0.3 is 20.1 Å². The molecule has 0 radical (unpaired) electrons. The van der Waals surface area contributed by atoms with Crippen LogP contribution in [0, 0.1) is 5.41 Å². The normalized spacial score (nSPS) is 20.6. The number of nitrogens with two attached hydrogens (primary N) is 1. The molecule has 1 aliphatic rings. The first-order chi connectivity index (χ1) is 8.65. The standard InChI is InChI=1S/C13H19N3O2/c1-16-5-6-17-12(8-16)9-18-11-4-2-3-10(7-11)13(14)15/h2-4,7,12H,5-6,8-9H2,1H3,(H3,14,15). The lowest BCUT2D eigenvalue weighted by atomic mass is 10.2. The topological polar surface area (TPSA) is 71.6 Å². The molecule has 3 N–H and O–H groups in total. The molecule has 1 heterocycles. The van der Waals surface area contributed by atoms with Crippen molar-refractivity contribution in [3.63, 3.8) is 0 Å². The molecule has 5 nitrogen and oxygen atoms in total. The number of ether oxygens (including phenoxy) is 2. The number of likely N-dealkylation sites (N-methyl/N-ethyl adjacent to an activating group) is 1. The molecule has 1 unspecified atom stereocenters. The van der Waals surface area contributed by atoms with Gasteiger partial charge in [0, 0.05) is 18.7 Å². The van der Waals surface area contributed by atoms with E-state index in [1.807, 2.05) is 12.1 Å². The van der Waals surface area contributed by atoms with Crippen molar-refractivity contribution in [2.45, 2.75) is 6.10 Å². The summed E-state index contributed by atoms with van der Waals surface area (Å²) >= 11 is 0. The van der Waals surface area contributed by atoms with Gasteiger partial charge in [-0.1, -0.05) is 12.1 Å². The minimum Gasteiger partial charge on any atom is -0.491 e. The second kappa shape index (κ2) is 5.84. The molecule has 1 aromatic rings. The van der Waals surface area contributed by atoms with Crippen molar-refractivity contribution in [3.8, 4) is 5.75 Å². The Hall–Kier alpha value is -1.59. The smallest absolute Gasteiger partial charge is 0.122 e. The molecule has 0 bridgehead atoms. The number of hydrogen-bond donors (Lipinski definition) is 2. The molecule has 98 valence electrons. The molecule has 2 rings (SSSR count). The van der Waals surface area contributed by atoms with Gasteiger partial charge in [0.25, 0.3) is 0 Å². The van der Waals surface area contributed by atoms with Gasteiger partial charge in [0.2, 0.25) is 0 Å². The first-order valence-electron chi connectivity index (χ1n) is 6.02. The van der Waals surface area contributed by atoms with E-state index >= 15 is 0 Å². The van der Waals surface area contributed by atoms with Gasteiger partial charge in [0.15, 0.2) is 0 Å². The lowest BCUT2D eigenvalue weighted by Gasteiger charge is -2.29.